The van der Waals surface area contributed by atoms with Gasteiger partial charge in [0.2, 0.25) is 16.9 Å². The normalized spacial score (nSPS) is 16.7. The van der Waals surface area contributed by atoms with Gasteiger partial charge in [0.15, 0.2) is 6.29 Å². The highest BCUT2D eigenvalue weighted by atomic mass is 16.7. The average Bonchev–Trinajstić information content (AvgIpc) is 2.72. The van der Waals surface area contributed by atoms with Crippen LogP contribution in [0.15, 0.2) is 45.6 Å². The number of benzene rings is 1. The van der Waals surface area contributed by atoms with Crippen LogP contribution in [-0.4, -0.2) is 25.9 Å². The van der Waals surface area contributed by atoms with Crippen LogP contribution in [-0.2, 0) is 22.7 Å². The summed E-state index contributed by atoms with van der Waals surface area (Å²) in [5, 5.41) is 2.46. The van der Waals surface area contributed by atoms with Crippen LogP contribution in [0.4, 0.5) is 0 Å². The highest BCUT2D eigenvalue weighted by molar-refractivity contribution is 5.93. The molecule has 0 saturated carbocycles. The van der Waals surface area contributed by atoms with Gasteiger partial charge in [-0.25, -0.2) is 0 Å². The molecule has 1 amide bonds. The predicted molar refractivity (Wildman–Crippen MR) is 97.5 cm³/mol. The first kappa shape index (κ1) is 19.1. The van der Waals surface area contributed by atoms with Crippen molar-refractivity contribution in [1.29, 1.82) is 0 Å². The number of amides is 1. The molecule has 0 spiro atoms. The molecular formula is C20H23NO6. The molecule has 27 heavy (non-hydrogen) atoms. The third kappa shape index (κ3) is 5.18. The maximum Gasteiger partial charge on any atom is 0.290 e. The van der Waals surface area contributed by atoms with Crippen molar-refractivity contribution in [3.63, 3.8) is 0 Å². The molecule has 144 valence electrons. The SMILES string of the molecule is CNC(=O)c1oc(COC2CCCCO2)cc(=O)c1OCc1ccccc1. The second-order valence-electron chi connectivity index (χ2n) is 6.20. The van der Waals surface area contributed by atoms with Gasteiger partial charge in [-0.2, -0.15) is 0 Å². The number of hydrogen-bond acceptors (Lipinski definition) is 6. The number of hydrogen-bond donors (Lipinski definition) is 1. The largest absolute Gasteiger partial charge is 0.481 e. The lowest BCUT2D eigenvalue weighted by Gasteiger charge is -2.22. The number of nitrogens with one attached hydrogen (secondary N) is 1. The van der Waals surface area contributed by atoms with Crippen LogP contribution >= 0.6 is 0 Å². The van der Waals surface area contributed by atoms with Crippen molar-refractivity contribution in [3.05, 3.63) is 63.7 Å². The van der Waals surface area contributed by atoms with Gasteiger partial charge in [0, 0.05) is 19.7 Å². The second-order valence-corrected chi connectivity index (χ2v) is 6.20. The van der Waals surface area contributed by atoms with Gasteiger partial charge in [-0.05, 0) is 24.8 Å². The Bertz CT molecular complexity index is 811. The lowest BCUT2D eigenvalue weighted by Crippen LogP contribution is -2.24. The van der Waals surface area contributed by atoms with Gasteiger partial charge in [0.1, 0.15) is 19.0 Å². The fourth-order valence-corrected chi connectivity index (χ4v) is 2.75. The lowest BCUT2D eigenvalue weighted by atomic mass is 10.2. The van der Waals surface area contributed by atoms with E-state index >= 15 is 0 Å². The van der Waals surface area contributed by atoms with E-state index in [1.807, 2.05) is 30.3 Å². The maximum atomic E-state index is 12.5. The average molecular weight is 373 g/mol. The number of carbonyl (C=O) groups excluding carboxylic acids is 1. The molecule has 0 bridgehead atoms. The Hall–Kier alpha value is -2.64. The van der Waals surface area contributed by atoms with Crippen LogP contribution in [0.2, 0.25) is 0 Å². The molecular weight excluding hydrogens is 350 g/mol. The molecule has 0 aliphatic carbocycles. The van der Waals surface area contributed by atoms with Crippen LogP contribution in [0, 0.1) is 0 Å². The summed E-state index contributed by atoms with van der Waals surface area (Å²) in [5.41, 5.74) is 0.445. The summed E-state index contributed by atoms with van der Waals surface area (Å²) in [6.07, 6.45) is 2.53. The molecule has 1 fully saturated rings. The van der Waals surface area contributed by atoms with E-state index in [0.29, 0.717) is 6.61 Å². The Labute approximate surface area is 157 Å². The fourth-order valence-electron chi connectivity index (χ4n) is 2.75. The maximum absolute atomic E-state index is 12.5. The summed E-state index contributed by atoms with van der Waals surface area (Å²) in [7, 11) is 1.46. The number of ether oxygens (including phenoxy) is 3. The molecule has 1 atom stereocenters. The zero-order valence-electron chi connectivity index (χ0n) is 15.2. The quantitative estimate of drug-likeness (QED) is 0.803. The van der Waals surface area contributed by atoms with E-state index in [4.69, 9.17) is 18.6 Å². The second kappa shape index (κ2) is 9.34. The molecule has 3 rings (SSSR count). The van der Waals surface area contributed by atoms with Gasteiger partial charge < -0.3 is 23.9 Å². The molecule has 1 saturated heterocycles. The predicted octanol–water partition coefficient (Wildman–Crippen LogP) is 2.62. The van der Waals surface area contributed by atoms with Crippen LogP contribution < -0.4 is 15.5 Å². The summed E-state index contributed by atoms with van der Waals surface area (Å²) in [6, 6.07) is 10.7. The van der Waals surface area contributed by atoms with Crippen molar-refractivity contribution < 1.29 is 23.4 Å². The van der Waals surface area contributed by atoms with E-state index < -0.39 is 11.3 Å². The Morgan fingerprint density at radius 2 is 2.04 bits per heavy atom. The Balaban J connectivity index is 1.76. The minimum atomic E-state index is -0.536. The van der Waals surface area contributed by atoms with Crippen LogP contribution in [0.5, 0.6) is 5.75 Å². The van der Waals surface area contributed by atoms with E-state index in [1.54, 1.807) is 0 Å². The monoisotopic (exact) mass is 373 g/mol. The molecule has 1 aromatic carbocycles. The molecule has 7 nitrogen and oxygen atoms in total. The molecule has 0 radical (unpaired) electrons. The van der Waals surface area contributed by atoms with Gasteiger partial charge in [0.05, 0.1) is 0 Å². The highest BCUT2D eigenvalue weighted by Gasteiger charge is 2.21. The van der Waals surface area contributed by atoms with Crippen molar-refractivity contribution in [2.75, 3.05) is 13.7 Å². The highest BCUT2D eigenvalue weighted by Crippen LogP contribution is 2.20. The first-order valence-electron chi connectivity index (χ1n) is 8.96. The third-order valence-electron chi connectivity index (χ3n) is 4.16. The van der Waals surface area contributed by atoms with Gasteiger partial charge in [-0.1, -0.05) is 30.3 Å². The van der Waals surface area contributed by atoms with Crippen LogP contribution in [0.1, 0.15) is 41.1 Å². The van der Waals surface area contributed by atoms with Gasteiger partial charge in [-0.3, -0.25) is 9.59 Å². The molecule has 2 aromatic rings. The third-order valence-corrected chi connectivity index (χ3v) is 4.16. The Morgan fingerprint density at radius 3 is 2.74 bits per heavy atom. The molecule has 1 aliphatic rings. The molecule has 2 heterocycles. The van der Waals surface area contributed by atoms with E-state index in [9.17, 15) is 9.59 Å². The first-order chi connectivity index (χ1) is 13.2. The Morgan fingerprint density at radius 1 is 1.22 bits per heavy atom. The van der Waals surface area contributed by atoms with Crippen molar-refractivity contribution in [2.24, 2.45) is 0 Å². The first-order valence-corrected chi connectivity index (χ1v) is 8.96. The zero-order chi connectivity index (χ0) is 19.1. The topological polar surface area (TPSA) is 87.0 Å². The zero-order valence-corrected chi connectivity index (χ0v) is 15.2. The minimum absolute atomic E-state index is 0.0445. The van der Waals surface area contributed by atoms with Gasteiger partial charge in [-0.15, -0.1) is 0 Å². The van der Waals surface area contributed by atoms with E-state index in [0.717, 1.165) is 24.8 Å². The fraction of sp³-hybridized carbons (Fsp3) is 0.400. The number of rotatable bonds is 7. The van der Waals surface area contributed by atoms with E-state index in [-0.39, 0.29) is 36.8 Å². The summed E-state index contributed by atoms with van der Waals surface area (Å²) < 4.78 is 22.3. The summed E-state index contributed by atoms with van der Waals surface area (Å²) in [6.45, 7) is 0.856. The molecule has 1 unspecified atom stereocenters. The van der Waals surface area contributed by atoms with E-state index in [2.05, 4.69) is 5.32 Å². The molecule has 1 aliphatic heterocycles. The van der Waals surface area contributed by atoms with Gasteiger partial charge >= 0.3 is 0 Å². The standard InChI is InChI=1S/C20H23NO6/c1-21-20(23)19-18(26-12-14-7-3-2-4-8-14)16(22)11-15(27-19)13-25-17-9-5-6-10-24-17/h2-4,7-8,11,17H,5-6,9-10,12-13H2,1H3,(H,21,23). The van der Waals surface area contributed by atoms with Crippen LogP contribution in [0.3, 0.4) is 0 Å². The smallest absolute Gasteiger partial charge is 0.290 e. The molecule has 7 heteroatoms. The van der Waals surface area contributed by atoms with E-state index in [1.165, 1.54) is 13.1 Å². The van der Waals surface area contributed by atoms with Crippen molar-refractivity contribution >= 4 is 5.91 Å². The van der Waals surface area contributed by atoms with Crippen molar-refractivity contribution in [1.82, 2.24) is 5.32 Å². The Kier molecular flexibility index (Phi) is 6.62. The summed E-state index contributed by atoms with van der Waals surface area (Å²) >= 11 is 0. The number of carbonyl (C=O) groups is 1. The van der Waals surface area contributed by atoms with Crippen molar-refractivity contribution in [2.45, 2.75) is 38.8 Å². The van der Waals surface area contributed by atoms with Gasteiger partial charge in [0.25, 0.3) is 5.91 Å². The summed E-state index contributed by atoms with van der Waals surface area (Å²) in [4.78, 5) is 24.7. The molecule has 1 N–H and O–H groups in total. The van der Waals surface area contributed by atoms with Crippen LogP contribution in [0.25, 0.3) is 0 Å². The van der Waals surface area contributed by atoms with Crippen molar-refractivity contribution in [3.8, 4) is 5.75 Å². The minimum Gasteiger partial charge on any atom is -0.481 e. The lowest BCUT2D eigenvalue weighted by molar-refractivity contribution is -0.171. The summed E-state index contributed by atoms with van der Waals surface area (Å²) in [5.74, 6) is -0.564. The molecule has 1 aromatic heterocycles.